The number of carbonyl (C=O) groups excluding carboxylic acids is 1. The molecule has 2 aliphatic heterocycles. The molecule has 2 aliphatic rings. The quantitative estimate of drug-likeness (QED) is 0.677. The van der Waals surface area contributed by atoms with E-state index in [0.717, 1.165) is 10.5 Å². The van der Waals surface area contributed by atoms with Crippen molar-refractivity contribution in [3.05, 3.63) is 65.2 Å². The highest BCUT2D eigenvalue weighted by atomic mass is 32.3. The molecule has 0 spiro atoms. The summed E-state index contributed by atoms with van der Waals surface area (Å²) in [5, 5.41) is 10.1. The Labute approximate surface area is 165 Å². The number of carbonyl (C=O) groups is 2. The molecule has 2 heterocycles. The number of ether oxygens (including phenoxy) is 1. The van der Waals surface area contributed by atoms with E-state index in [0.29, 0.717) is 16.4 Å². The van der Waals surface area contributed by atoms with E-state index >= 15 is 0 Å². The standard InChI is InChI=1S/C18H16N2O8S/c21-17(22)16-12-7-4-8-14(27-10-11-5-2-1-3-6-11)15(12)13-9-19(16)18(23)20(13)28-29(24,25)26/h1-8,13,16H,9-10H2,(H,21,22)(H,24,25,26)/t13-,16?/m1/s1. The molecule has 29 heavy (non-hydrogen) atoms. The maximum absolute atomic E-state index is 12.6. The van der Waals surface area contributed by atoms with Crippen LogP contribution in [0.1, 0.15) is 28.8 Å². The van der Waals surface area contributed by atoms with Crippen molar-refractivity contribution in [1.82, 2.24) is 9.96 Å². The molecular weight excluding hydrogens is 404 g/mol. The molecule has 1 fully saturated rings. The average Bonchev–Trinajstić information content (AvgIpc) is 2.92. The smallest absolute Gasteiger partial charge is 0.418 e. The van der Waals surface area contributed by atoms with E-state index in [9.17, 15) is 23.1 Å². The number of hydroxylamine groups is 2. The van der Waals surface area contributed by atoms with E-state index in [1.165, 1.54) is 6.07 Å². The number of aliphatic carboxylic acids is 1. The van der Waals surface area contributed by atoms with Crippen molar-refractivity contribution in [2.45, 2.75) is 18.7 Å². The van der Waals surface area contributed by atoms with Crippen LogP contribution in [0.5, 0.6) is 5.75 Å². The zero-order valence-electron chi connectivity index (χ0n) is 14.8. The van der Waals surface area contributed by atoms with Crippen LogP contribution in [0.3, 0.4) is 0 Å². The van der Waals surface area contributed by atoms with Gasteiger partial charge in [0.1, 0.15) is 18.4 Å². The van der Waals surface area contributed by atoms with Gasteiger partial charge in [-0.15, -0.1) is 4.28 Å². The number of urea groups is 1. The van der Waals surface area contributed by atoms with Crippen LogP contribution in [0.25, 0.3) is 0 Å². The molecule has 152 valence electrons. The average molecular weight is 420 g/mol. The van der Waals surface area contributed by atoms with Gasteiger partial charge in [0.05, 0.1) is 6.54 Å². The fraction of sp³-hybridized carbons (Fsp3) is 0.222. The summed E-state index contributed by atoms with van der Waals surface area (Å²) < 4.78 is 41.8. The molecule has 2 amide bonds. The van der Waals surface area contributed by atoms with Crippen molar-refractivity contribution < 1.29 is 36.7 Å². The molecule has 2 N–H and O–H groups in total. The topological polar surface area (TPSA) is 134 Å². The van der Waals surface area contributed by atoms with Gasteiger partial charge in [-0.05, 0) is 17.2 Å². The largest absolute Gasteiger partial charge is 0.489 e. The predicted molar refractivity (Wildman–Crippen MR) is 96.9 cm³/mol. The highest BCUT2D eigenvalue weighted by Crippen LogP contribution is 2.47. The van der Waals surface area contributed by atoms with Gasteiger partial charge in [-0.3, -0.25) is 4.55 Å². The van der Waals surface area contributed by atoms with E-state index in [1.807, 2.05) is 30.3 Å². The minimum atomic E-state index is -5.00. The zero-order chi connectivity index (χ0) is 20.8. The summed E-state index contributed by atoms with van der Waals surface area (Å²) in [6.45, 7) is 0.0442. The van der Waals surface area contributed by atoms with Crippen LogP contribution >= 0.6 is 0 Å². The Kier molecular flexibility index (Phi) is 4.65. The van der Waals surface area contributed by atoms with Crippen LogP contribution in [0.2, 0.25) is 0 Å². The number of fused-ring (bicyclic) bond motifs is 4. The first kappa shape index (κ1) is 19.2. The van der Waals surface area contributed by atoms with Gasteiger partial charge in [0.15, 0.2) is 6.04 Å². The van der Waals surface area contributed by atoms with Gasteiger partial charge in [0, 0.05) is 5.56 Å². The van der Waals surface area contributed by atoms with Gasteiger partial charge >= 0.3 is 22.4 Å². The van der Waals surface area contributed by atoms with E-state index in [4.69, 9.17) is 9.29 Å². The van der Waals surface area contributed by atoms with Crippen molar-refractivity contribution in [3.63, 3.8) is 0 Å². The van der Waals surface area contributed by atoms with Crippen LogP contribution in [0.4, 0.5) is 4.79 Å². The van der Waals surface area contributed by atoms with Crippen LogP contribution in [0.15, 0.2) is 48.5 Å². The molecule has 2 bridgehead atoms. The monoisotopic (exact) mass is 420 g/mol. The molecule has 4 rings (SSSR count). The summed E-state index contributed by atoms with van der Waals surface area (Å²) >= 11 is 0. The van der Waals surface area contributed by atoms with Crippen LogP contribution in [0, 0.1) is 0 Å². The minimum Gasteiger partial charge on any atom is -0.489 e. The van der Waals surface area contributed by atoms with E-state index < -0.39 is 34.5 Å². The van der Waals surface area contributed by atoms with Crippen LogP contribution < -0.4 is 4.74 Å². The summed E-state index contributed by atoms with van der Waals surface area (Å²) in [4.78, 5) is 25.4. The number of hydrogen-bond acceptors (Lipinski definition) is 6. The van der Waals surface area contributed by atoms with Gasteiger partial charge < -0.3 is 14.7 Å². The molecule has 11 heteroatoms. The lowest BCUT2D eigenvalue weighted by molar-refractivity contribution is -0.142. The molecular formula is C18H16N2O8S. The Morgan fingerprint density at radius 1 is 1.14 bits per heavy atom. The number of carboxylic acids is 1. The fourth-order valence-corrected chi connectivity index (χ4v) is 4.03. The predicted octanol–water partition coefficient (Wildman–Crippen LogP) is 1.92. The summed E-state index contributed by atoms with van der Waals surface area (Å²) in [5.74, 6) is -0.993. The molecule has 2 aromatic carbocycles. The number of carboxylic acid groups (broad SMARTS) is 1. The zero-order valence-corrected chi connectivity index (χ0v) is 15.7. The third kappa shape index (κ3) is 3.50. The highest BCUT2D eigenvalue weighted by Gasteiger charge is 2.53. The number of nitrogens with zero attached hydrogens (tertiary/aromatic N) is 2. The molecule has 2 atom stereocenters. The number of hydrogen-bond donors (Lipinski definition) is 2. The first-order chi connectivity index (χ1) is 13.8. The summed E-state index contributed by atoms with van der Waals surface area (Å²) in [6, 6.07) is 10.7. The lowest BCUT2D eigenvalue weighted by Crippen LogP contribution is -2.38. The van der Waals surface area contributed by atoms with Crippen molar-refractivity contribution in [2.75, 3.05) is 6.54 Å². The molecule has 1 unspecified atom stereocenters. The first-order valence-corrected chi connectivity index (χ1v) is 9.92. The summed E-state index contributed by atoms with van der Waals surface area (Å²) in [5.41, 5.74) is 1.47. The van der Waals surface area contributed by atoms with E-state index in [-0.39, 0.29) is 18.7 Å². The summed E-state index contributed by atoms with van der Waals surface area (Å²) in [7, 11) is -5.00. The summed E-state index contributed by atoms with van der Waals surface area (Å²) in [6.07, 6.45) is 0. The Balaban J connectivity index is 1.76. The van der Waals surface area contributed by atoms with Gasteiger partial charge in [-0.25, -0.2) is 9.59 Å². The van der Waals surface area contributed by atoms with Gasteiger partial charge in [-0.2, -0.15) is 13.5 Å². The second-order valence-electron chi connectivity index (χ2n) is 6.55. The Morgan fingerprint density at radius 3 is 2.52 bits per heavy atom. The van der Waals surface area contributed by atoms with Crippen molar-refractivity contribution in [3.8, 4) is 5.75 Å². The second-order valence-corrected chi connectivity index (χ2v) is 7.56. The molecule has 0 radical (unpaired) electrons. The second kappa shape index (κ2) is 7.03. The van der Waals surface area contributed by atoms with E-state index in [1.54, 1.807) is 12.1 Å². The van der Waals surface area contributed by atoms with Crippen LogP contribution in [-0.4, -0.2) is 46.6 Å². The van der Waals surface area contributed by atoms with Crippen LogP contribution in [-0.2, 0) is 26.1 Å². The SMILES string of the molecule is O=C(O)C1c2cccc(OCc3ccccc3)c2[C@H]2CN1C(=O)N2OS(=O)(=O)O. The molecule has 0 saturated carbocycles. The van der Waals surface area contributed by atoms with Gasteiger partial charge in [-0.1, -0.05) is 42.5 Å². The molecule has 10 nitrogen and oxygen atoms in total. The Hall–Kier alpha value is -3.15. The lowest BCUT2D eigenvalue weighted by atomic mass is 9.90. The van der Waals surface area contributed by atoms with Gasteiger partial charge in [0.25, 0.3) is 0 Å². The Morgan fingerprint density at radius 2 is 1.86 bits per heavy atom. The minimum absolute atomic E-state index is 0.135. The van der Waals surface area contributed by atoms with Crippen molar-refractivity contribution in [1.29, 1.82) is 0 Å². The molecule has 0 aromatic heterocycles. The lowest BCUT2D eigenvalue weighted by Gasteiger charge is -2.31. The maximum Gasteiger partial charge on any atom is 0.418 e. The highest BCUT2D eigenvalue weighted by molar-refractivity contribution is 7.80. The molecule has 2 aromatic rings. The van der Waals surface area contributed by atoms with Gasteiger partial charge in [0.2, 0.25) is 0 Å². The molecule has 0 aliphatic carbocycles. The first-order valence-electron chi connectivity index (χ1n) is 8.55. The Bertz CT molecular complexity index is 1070. The number of rotatable bonds is 6. The molecule has 1 saturated heterocycles. The third-order valence-corrected chi connectivity index (χ3v) is 5.12. The van der Waals surface area contributed by atoms with Crippen molar-refractivity contribution in [2.24, 2.45) is 0 Å². The normalized spacial score (nSPS) is 20.5. The number of benzene rings is 2. The third-order valence-electron chi connectivity index (χ3n) is 4.77. The maximum atomic E-state index is 12.6. The van der Waals surface area contributed by atoms with E-state index in [2.05, 4.69) is 4.28 Å². The number of amides is 2. The van der Waals surface area contributed by atoms with Crippen molar-refractivity contribution >= 4 is 22.4 Å². The fourth-order valence-electron chi connectivity index (χ4n) is 3.66.